The van der Waals surface area contributed by atoms with Crippen molar-refractivity contribution in [1.29, 1.82) is 0 Å². The molecule has 0 atom stereocenters. The molecule has 0 saturated carbocycles. The van der Waals surface area contributed by atoms with Crippen molar-refractivity contribution >= 4 is 28.6 Å². The van der Waals surface area contributed by atoms with Crippen molar-refractivity contribution in [2.45, 2.75) is 6.54 Å². The third-order valence-electron chi connectivity index (χ3n) is 4.11. The summed E-state index contributed by atoms with van der Waals surface area (Å²) in [6.07, 6.45) is 1.60. The lowest BCUT2D eigenvalue weighted by atomic mass is 10.1. The highest BCUT2D eigenvalue weighted by molar-refractivity contribution is 7.16. The van der Waals surface area contributed by atoms with Gasteiger partial charge in [-0.15, -0.1) is 11.3 Å². The predicted octanol–water partition coefficient (Wildman–Crippen LogP) is 3.86. The minimum absolute atomic E-state index is 0.0613. The van der Waals surface area contributed by atoms with Gasteiger partial charge >= 0.3 is 5.56 Å². The molecule has 4 rings (SSSR count). The molecule has 0 saturated heterocycles. The SMILES string of the molecule is O=c1c(-c2ccccc2F)c(O)[n+](Cc2ccc(Cl)s2)c2ccccn12. The number of aromatic nitrogens is 2. The molecular weight excluding hydrogens is 375 g/mol. The summed E-state index contributed by atoms with van der Waals surface area (Å²) in [7, 11) is 0. The number of aromatic hydroxyl groups is 1. The smallest absolute Gasteiger partial charge is 0.354 e. The third-order valence-corrected chi connectivity index (χ3v) is 5.33. The van der Waals surface area contributed by atoms with Gasteiger partial charge in [-0.1, -0.05) is 35.9 Å². The van der Waals surface area contributed by atoms with Crippen LogP contribution in [0.25, 0.3) is 16.8 Å². The molecule has 0 aliphatic rings. The Morgan fingerprint density at radius 3 is 2.62 bits per heavy atom. The van der Waals surface area contributed by atoms with Crippen LogP contribution >= 0.6 is 22.9 Å². The quantitative estimate of drug-likeness (QED) is 0.542. The molecule has 0 aliphatic heterocycles. The molecule has 130 valence electrons. The number of hydrogen-bond acceptors (Lipinski definition) is 3. The van der Waals surface area contributed by atoms with Crippen LogP contribution in [0.1, 0.15) is 4.88 Å². The summed E-state index contributed by atoms with van der Waals surface area (Å²) in [6.45, 7) is 0.304. The molecule has 4 nitrogen and oxygen atoms in total. The van der Waals surface area contributed by atoms with E-state index in [2.05, 4.69) is 0 Å². The first-order chi connectivity index (χ1) is 12.6. The molecule has 0 aliphatic carbocycles. The van der Waals surface area contributed by atoms with Gasteiger partial charge < -0.3 is 5.11 Å². The summed E-state index contributed by atoms with van der Waals surface area (Å²) in [6, 6.07) is 14.7. The Bertz CT molecular complexity index is 1190. The Balaban J connectivity index is 2.04. The average molecular weight is 388 g/mol. The summed E-state index contributed by atoms with van der Waals surface area (Å²) < 4.78 is 17.9. The van der Waals surface area contributed by atoms with E-state index >= 15 is 0 Å². The zero-order chi connectivity index (χ0) is 18.3. The molecule has 0 radical (unpaired) electrons. The van der Waals surface area contributed by atoms with Gasteiger partial charge in [-0.3, -0.25) is 0 Å². The monoisotopic (exact) mass is 387 g/mol. The maximum Gasteiger partial charge on any atom is 0.354 e. The van der Waals surface area contributed by atoms with E-state index in [4.69, 9.17) is 11.6 Å². The van der Waals surface area contributed by atoms with Crippen LogP contribution in [0.2, 0.25) is 4.34 Å². The number of pyridine rings is 1. The van der Waals surface area contributed by atoms with Crippen LogP contribution in [0.3, 0.4) is 0 Å². The van der Waals surface area contributed by atoms with Crippen LogP contribution in [0.4, 0.5) is 4.39 Å². The minimum Gasteiger partial charge on any atom is -0.477 e. The first-order valence-electron chi connectivity index (χ1n) is 7.81. The number of hydrogen-bond donors (Lipinski definition) is 1. The number of halogens is 2. The van der Waals surface area contributed by atoms with Crippen molar-refractivity contribution in [1.82, 2.24) is 4.40 Å². The second-order valence-electron chi connectivity index (χ2n) is 5.70. The molecule has 4 aromatic rings. The molecule has 0 unspecified atom stereocenters. The van der Waals surface area contributed by atoms with E-state index in [-0.39, 0.29) is 17.0 Å². The molecule has 1 N–H and O–H groups in total. The number of fused-ring (bicyclic) bond motifs is 1. The van der Waals surface area contributed by atoms with Gasteiger partial charge in [-0.2, -0.15) is 8.97 Å². The molecule has 0 amide bonds. The topological polar surface area (TPSA) is 45.6 Å². The molecule has 0 fully saturated rings. The van der Waals surface area contributed by atoms with Crippen LogP contribution in [0.15, 0.2) is 65.6 Å². The van der Waals surface area contributed by atoms with E-state index in [0.717, 1.165) is 4.88 Å². The molecule has 3 aromatic heterocycles. The number of nitrogens with zero attached hydrogens (tertiary/aromatic N) is 2. The second-order valence-corrected chi connectivity index (χ2v) is 7.50. The Kier molecular flexibility index (Phi) is 4.22. The molecule has 0 bridgehead atoms. The molecule has 26 heavy (non-hydrogen) atoms. The molecule has 1 aromatic carbocycles. The molecule has 3 heterocycles. The Hall–Kier alpha value is -2.70. The lowest BCUT2D eigenvalue weighted by molar-refractivity contribution is -0.671. The maximum atomic E-state index is 14.3. The van der Waals surface area contributed by atoms with E-state index < -0.39 is 11.4 Å². The maximum absolute atomic E-state index is 14.3. The van der Waals surface area contributed by atoms with E-state index in [1.54, 1.807) is 41.1 Å². The Labute approximate surface area is 157 Å². The zero-order valence-electron chi connectivity index (χ0n) is 13.4. The standard InChI is InChI=1S/C19H12ClFN2O2S/c20-15-9-8-12(26-15)11-23-16-7-3-4-10-22(16)18(24)17(19(23)25)13-5-1-2-6-14(13)21/h1-10H,11H2/p+1. The van der Waals surface area contributed by atoms with Gasteiger partial charge in [-0.25, -0.2) is 9.18 Å². The van der Waals surface area contributed by atoms with Gasteiger partial charge in [0.1, 0.15) is 12.4 Å². The molecular formula is C19H13ClFN2O2S+. The van der Waals surface area contributed by atoms with Crippen LogP contribution in [-0.4, -0.2) is 9.51 Å². The summed E-state index contributed by atoms with van der Waals surface area (Å²) >= 11 is 7.38. The predicted molar refractivity (Wildman–Crippen MR) is 99.4 cm³/mol. The number of thiophene rings is 1. The van der Waals surface area contributed by atoms with Gasteiger partial charge in [0.15, 0.2) is 5.56 Å². The van der Waals surface area contributed by atoms with Gasteiger partial charge in [0.25, 0.3) is 11.5 Å². The zero-order valence-corrected chi connectivity index (χ0v) is 15.0. The van der Waals surface area contributed by atoms with Crippen molar-refractivity contribution in [2.24, 2.45) is 0 Å². The van der Waals surface area contributed by atoms with Crippen LogP contribution in [0, 0.1) is 5.82 Å². The van der Waals surface area contributed by atoms with Gasteiger partial charge in [-0.05, 0) is 24.3 Å². The fourth-order valence-corrected chi connectivity index (χ4v) is 4.01. The van der Waals surface area contributed by atoms with Crippen molar-refractivity contribution in [3.05, 3.63) is 86.2 Å². The fraction of sp³-hybridized carbons (Fsp3) is 0.0526. The Morgan fingerprint density at radius 1 is 1.12 bits per heavy atom. The minimum atomic E-state index is -0.568. The highest BCUT2D eigenvalue weighted by Crippen LogP contribution is 2.27. The van der Waals surface area contributed by atoms with E-state index in [0.29, 0.717) is 16.5 Å². The summed E-state index contributed by atoms with van der Waals surface area (Å²) in [5, 5.41) is 10.9. The largest absolute Gasteiger partial charge is 0.477 e. The van der Waals surface area contributed by atoms with E-state index in [1.807, 2.05) is 6.07 Å². The van der Waals surface area contributed by atoms with E-state index in [1.165, 1.54) is 33.9 Å². The highest BCUT2D eigenvalue weighted by atomic mass is 35.5. The van der Waals surface area contributed by atoms with Crippen LogP contribution in [0.5, 0.6) is 5.88 Å². The first kappa shape index (κ1) is 16.8. The Morgan fingerprint density at radius 2 is 1.88 bits per heavy atom. The van der Waals surface area contributed by atoms with Crippen molar-refractivity contribution in [2.75, 3.05) is 0 Å². The van der Waals surface area contributed by atoms with Crippen molar-refractivity contribution < 1.29 is 14.1 Å². The number of benzene rings is 1. The average Bonchev–Trinajstić information content (AvgIpc) is 3.05. The van der Waals surface area contributed by atoms with Crippen molar-refractivity contribution in [3.8, 4) is 17.0 Å². The van der Waals surface area contributed by atoms with Crippen LogP contribution in [-0.2, 0) is 6.54 Å². The fourth-order valence-electron chi connectivity index (χ4n) is 2.93. The van der Waals surface area contributed by atoms with E-state index in [9.17, 15) is 14.3 Å². The molecule has 0 spiro atoms. The lowest BCUT2D eigenvalue weighted by Crippen LogP contribution is -2.41. The highest BCUT2D eigenvalue weighted by Gasteiger charge is 2.26. The van der Waals surface area contributed by atoms with Gasteiger partial charge in [0.2, 0.25) is 0 Å². The lowest BCUT2D eigenvalue weighted by Gasteiger charge is -2.09. The molecule has 7 heteroatoms. The summed E-state index contributed by atoms with van der Waals surface area (Å²) in [5.41, 5.74) is 0.00365. The van der Waals surface area contributed by atoms with Gasteiger partial charge in [0.05, 0.1) is 10.5 Å². The normalized spacial score (nSPS) is 11.2. The second kappa shape index (κ2) is 6.55. The third kappa shape index (κ3) is 2.77. The van der Waals surface area contributed by atoms with Crippen molar-refractivity contribution in [3.63, 3.8) is 0 Å². The first-order valence-corrected chi connectivity index (χ1v) is 9.01. The summed E-state index contributed by atoms with van der Waals surface area (Å²) in [4.78, 5) is 13.8. The summed E-state index contributed by atoms with van der Waals surface area (Å²) in [5.74, 6) is -0.850. The van der Waals surface area contributed by atoms with Crippen LogP contribution < -0.4 is 10.1 Å². The number of rotatable bonds is 3. The van der Waals surface area contributed by atoms with Gasteiger partial charge in [0, 0.05) is 16.5 Å².